The fourth-order valence-corrected chi connectivity index (χ4v) is 2.98. The van der Waals surface area contributed by atoms with Crippen LogP contribution in [-0.2, 0) is 11.2 Å². The summed E-state index contributed by atoms with van der Waals surface area (Å²) in [5.41, 5.74) is 2.53. The number of hydrogen-bond donors (Lipinski definition) is 2. The van der Waals surface area contributed by atoms with E-state index in [2.05, 4.69) is 17.6 Å². The molecule has 0 spiro atoms. The molecule has 1 aromatic carbocycles. The zero-order valence-corrected chi connectivity index (χ0v) is 12.5. The number of piperidine rings is 1. The molecule has 112 valence electrons. The van der Waals surface area contributed by atoms with Crippen LogP contribution in [0.25, 0.3) is 0 Å². The predicted molar refractivity (Wildman–Crippen MR) is 81.4 cm³/mol. The third-order valence-electron chi connectivity index (χ3n) is 4.74. The summed E-state index contributed by atoms with van der Waals surface area (Å²) in [7, 11) is 1.97. The van der Waals surface area contributed by atoms with Gasteiger partial charge in [-0.2, -0.15) is 0 Å². The number of likely N-dealkylation sites (tertiary alicyclic amines) is 1. The van der Waals surface area contributed by atoms with E-state index in [4.69, 9.17) is 0 Å². The van der Waals surface area contributed by atoms with Crippen molar-refractivity contribution in [2.75, 3.05) is 25.5 Å². The molecule has 0 saturated carbocycles. The average Bonchev–Trinajstić information content (AvgIpc) is 2.86. The van der Waals surface area contributed by atoms with Gasteiger partial charge < -0.3 is 15.5 Å². The predicted octanol–water partition coefficient (Wildman–Crippen LogP) is 1.40. The summed E-state index contributed by atoms with van der Waals surface area (Å²) in [6.07, 6.45) is 2.32. The van der Waals surface area contributed by atoms with Gasteiger partial charge in [0, 0.05) is 29.9 Å². The van der Waals surface area contributed by atoms with Crippen LogP contribution in [0.15, 0.2) is 18.2 Å². The first kappa shape index (κ1) is 14.1. The molecular weight excluding hydrogens is 266 g/mol. The van der Waals surface area contributed by atoms with E-state index in [1.807, 2.05) is 24.1 Å². The van der Waals surface area contributed by atoms with Crippen molar-refractivity contribution in [2.45, 2.75) is 31.7 Å². The molecule has 21 heavy (non-hydrogen) atoms. The summed E-state index contributed by atoms with van der Waals surface area (Å²) in [6.45, 7) is 3.72. The molecule has 2 N–H and O–H groups in total. The summed E-state index contributed by atoms with van der Waals surface area (Å²) in [4.78, 5) is 25.8. The van der Waals surface area contributed by atoms with E-state index in [0.29, 0.717) is 12.0 Å². The van der Waals surface area contributed by atoms with E-state index in [0.717, 1.165) is 37.2 Å². The third kappa shape index (κ3) is 2.65. The lowest BCUT2D eigenvalue weighted by Gasteiger charge is -2.39. The highest BCUT2D eigenvalue weighted by Crippen LogP contribution is 2.26. The Kier molecular flexibility index (Phi) is 3.45. The lowest BCUT2D eigenvalue weighted by Crippen LogP contribution is -2.51. The molecular formula is C16H21N3O2. The number of carbonyl (C=O) groups excluding carboxylic acids is 2. The first-order valence-corrected chi connectivity index (χ1v) is 7.42. The zero-order valence-electron chi connectivity index (χ0n) is 12.5. The molecule has 0 radical (unpaired) electrons. The number of rotatable bonds is 2. The lowest BCUT2D eigenvalue weighted by molar-refractivity contribution is -0.115. The first-order valence-electron chi connectivity index (χ1n) is 7.42. The Bertz CT molecular complexity index is 589. The third-order valence-corrected chi connectivity index (χ3v) is 4.74. The number of amides is 2. The van der Waals surface area contributed by atoms with Crippen molar-refractivity contribution in [2.24, 2.45) is 0 Å². The Morgan fingerprint density at radius 1 is 1.33 bits per heavy atom. The van der Waals surface area contributed by atoms with Gasteiger partial charge in [0.25, 0.3) is 5.91 Å². The van der Waals surface area contributed by atoms with Gasteiger partial charge in [0.15, 0.2) is 0 Å². The highest BCUT2D eigenvalue weighted by molar-refractivity contribution is 6.02. The fraction of sp³-hybridized carbons (Fsp3) is 0.500. The Hall–Kier alpha value is -1.88. The van der Waals surface area contributed by atoms with Gasteiger partial charge in [-0.15, -0.1) is 0 Å². The van der Waals surface area contributed by atoms with E-state index in [1.165, 1.54) is 0 Å². The van der Waals surface area contributed by atoms with Crippen molar-refractivity contribution in [3.8, 4) is 0 Å². The second kappa shape index (κ2) is 5.15. The maximum absolute atomic E-state index is 12.6. The number of hydrogen-bond acceptors (Lipinski definition) is 3. The highest BCUT2D eigenvalue weighted by atomic mass is 16.2. The molecule has 5 heteroatoms. The largest absolute Gasteiger partial charge is 0.339 e. The van der Waals surface area contributed by atoms with Gasteiger partial charge in [-0.1, -0.05) is 6.07 Å². The van der Waals surface area contributed by atoms with Crippen molar-refractivity contribution in [1.29, 1.82) is 0 Å². The molecule has 1 fully saturated rings. The lowest BCUT2D eigenvalue weighted by atomic mass is 9.89. The maximum Gasteiger partial charge on any atom is 0.253 e. The normalized spacial score (nSPS) is 20.1. The van der Waals surface area contributed by atoms with Gasteiger partial charge in [0.05, 0.1) is 6.42 Å². The Morgan fingerprint density at radius 2 is 2.05 bits per heavy atom. The molecule has 2 amide bonds. The molecule has 2 heterocycles. The van der Waals surface area contributed by atoms with E-state index in [1.54, 1.807) is 6.07 Å². The van der Waals surface area contributed by atoms with Gasteiger partial charge in [0.2, 0.25) is 5.91 Å². The molecule has 1 saturated heterocycles. The van der Waals surface area contributed by atoms with Crippen molar-refractivity contribution in [3.05, 3.63) is 29.3 Å². The zero-order chi connectivity index (χ0) is 15.0. The molecule has 0 atom stereocenters. The quantitative estimate of drug-likeness (QED) is 0.864. The first-order chi connectivity index (χ1) is 10.0. The molecule has 2 aliphatic rings. The number of fused-ring (bicyclic) bond motifs is 1. The number of benzene rings is 1. The van der Waals surface area contributed by atoms with Gasteiger partial charge in [-0.25, -0.2) is 0 Å². The second-order valence-electron chi connectivity index (χ2n) is 6.20. The molecule has 3 rings (SSSR count). The maximum atomic E-state index is 12.6. The van der Waals surface area contributed by atoms with Crippen molar-refractivity contribution in [1.82, 2.24) is 10.2 Å². The number of nitrogens with zero attached hydrogens (tertiary/aromatic N) is 1. The van der Waals surface area contributed by atoms with Crippen LogP contribution in [0.5, 0.6) is 0 Å². The van der Waals surface area contributed by atoms with Crippen molar-refractivity contribution in [3.63, 3.8) is 0 Å². The topological polar surface area (TPSA) is 61.4 Å². The molecule has 5 nitrogen and oxygen atoms in total. The van der Waals surface area contributed by atoms with E-state index in [-0.39, 0.29) is 17.4 Å². The molecule has 1 aromatic rings. The second-order valence-corrected chi connectivity index (χ2v) is 6.20. The highest BCUT2D eigenvalue weighted by Gasteiger charge is 2.31. The average molecular weight is 287 g/mol. The van der Waals surface area contributed by atoms with E-state index >= 15 is 0 Å². The van der Waals surface area contributed by atoms with Crippen LogP contribution in [0.3, 0.4) is 0 Å². The van der Waals surface area contributed by atoms with Crippen LogP contribution >= 0.6 is 0 Å². The van der Waals surface area contributed by atoms with E-state index < -0.39 is 0 Å². The summed E-state index contributed by atoms with van der Waals surface area (Å²) in [5, 5.41) is 6.13. The minimum Gasteiger partial charge on any atom is -0.339 e. The van der Waals surface area contributed by atoms with Crippen LogP contribution in [0.4, 0.5) is 5.69 Å². The van der Waals surface area contributed by atoms with Gasteiger partial charge in [0.1, 0.15) is 0 Å². The SMILES string of the molecule is CNC1(C)CCN(C(=O)c2ccc3c(c2)NC(=O)C3)CC1. The van der Waals surface area contributed by atoms with Gasteiger partial charge in [-0.05, 0) is 44.5 Å². The Morgan fingerprint density at radius 3 is 2.71 bits per heavy atom. The fourth-order valence-electron chi connectivity index (χ4n) is 2.98. The summed E-state index contributed by atoms with van der Waals surface area (Å²) in [5.74, 6) is 0.0504. The number of nitrogens with one attached hydrogen (secondary N) is 2. The summed E-state index contributed by atoms with van der Waals surface area (Å²) < 4.78 is 0. The molecule has 0 aromatic heterocycles. The molecule has 0 aliphatic carbocycles. The Labute approximate surface area is 124 Å². The monoisotopic (exact) mass is 287 g/mol. The summed E-state index contributed by atoms with van der Waals surface area (Å²) in [6, 6.07) is 5.50. The molecule has 2 aliphatic heterocycles. The standard InChI is InChI=1S/C16H21N3O2/c1-16(17-2)5-7-19(8-6-16)15(21)12-4-3-11-10-14(20)18-13(11)9-12/h3-4,9,17H,5-8,10H2,1-2H3,(H,18,20). The van der Waals surface area contributed by atoms with Crippen LogP contribution in [0.1, 0.15) is 35.7 Å². The van der Waals surface area contributed by atoms with Crippen molar-refractivity contribution < 1.29 is 9.59 Å². The minimum absolute atomic E-state index is 0.00245. The minimum atomic E-state index is -0.00245. The molecule has 0 unspecified atom stereocenters. The van der Waals surface area contributed by atoms with E-state index in [9.17, 15) is 9.59 Å². The smallest absolute Gasteiger partial charge is 0.253 e. The van der Waals surface area contributed by atoms with Crippen LogP contribution in [-0.4, -0.2) is 42.4 Å². The van der Waals surface area contributed by atoms with Gasteiger partial charge >= 0.3 is 0 Å². The molecule has 0 bridgehead atoms. The number of carbonyl (C=O) groups is 2. The van der Waals surface area contributed by atoms with Gasteiger partial charge in [-0.3, -0.25) is 9.59 Å². The Balaban J connectivity index is 1.72. The van der Waals surface area contributed by atoms with Crippen LogP contribution < -0.4 is 10.6 Å². The van der Waals surface area contributed by atoms with Crippen LogP contribution in [0, 0.1) is 0 Å². The summed E-state index contributed by atoms with van der Waals surface area (Å²) >= 11 is 0. The van der Waals surface area contributed by atoms with Crippen LogP contribution in [0.2, 0.25) is 0 Å². The van der Waals surface area contributed by atoms with Crippen molar-refractivity contribution >= 4 is 17.5 Å². The number of anilines is 1.